The molecule has 3 heterocycles. The molecule has 48 heavy (non-hydrogen) atoms. The number of benzene rings is 6. The van der Waals surface area contributed by atoms with Gasteiger partial charge in [0.15, 0.2) is 0 Å². The third-order valence-corrected chi connectivity index (χ3v) is 12.6. The fourth-order valence-electron chi connectivity index (χ4n) is 7.68. The summed E-state index contributed by atoms with van der Waals surface area (Å²) < 4.78 is 2.38. The third kappa shape index (κ3) is 4.19. The van der Waals surface area contributed by atoms with Gasteiger partial charge in [-0.15, -0.1) is 0 Å². The van der Waals surface area contributed by atoms with Gasteiger partial charge in [-0.3, -0.25) is 4.98 Å². The van der Waals surface area contributed by atoms with Crippen LogP contribution in [0.25, 0.3) is 61.0 Å². The van der Waals surface area contributed by atoms with Crippen molar-refractivity contribution < 1.29 is 0 Å². The molecule has 0 bridgehead atoms. The molecule has 1 aliphatic heterocycles. The summed E-state index contributed by atoms with van der Waals surface area (Å²) in [6, 6.07) is 51.3. The van der Waals surface area contributed by atoms with Gasteiger partial charge in [0.2, 0.25) is 0 Å². The second-order valence-corrected chi connectivity index (χ2v) is 15.4. The summed E-state index contributed by atoms with van der Waals surface area (Å²) in [5.74, 6) is 0. The van der Waals surface area contributed by atoms with E-state index in [2.05, 4.69) is 151 Å². The SMILES string of the molecule is CC1(C)c2cc(-c3ccc4c(c3)c3ccccc3n4-c3ccc(-c4ccccn4)cc3)ccc2-c2cc3c(cc21)Sc1ccccc1S3. The van der Waals surface area contributed by atoms with Crippen LogP contribution in [0.2, 0.25) is 0 Å². The van der Waals surface area contributed by atoms with Gasteiger partial charge in [0.25, 0.3) is 0 Å². The van der Waals surface area contributed by atoms with Crippen molar-refractivity contribution in [1.82, 2.24) is 9.55 Å². The lowest BCUT2D eigenvalue weighted by atomic mass is 9.81. The van der Waals surface area contributed by atoms with E-state index in [0.717, 1.165) is 16.9 Å². The Hall–Kier alpha value is -5.03. The van der Waals surface area contributed by atoms with E-state index < -0.39 is 0 Å². The number of aromatic nitrogens is 2. The Balaban J connectivity index is 1.06. The highest BCUT2D eigenvalue weighted by Crippen LogP contribution is 2.56. The minimum Gasteiger partial charge on any atom is -0.309 e. The minimum atomic E-state index is -0.0839. The molecule has 8 aromatic rings. The second kappa shape index (κ2) is 10.5. The summed E-state index contributed by atoms with van der Waals surface area (Å²) in [6.07, 6.45) is 1.85. The van der Waals surface area contributed by atoms with Crippen molar-refractivity contribution in [1.29, 1.82) is 0 Å². The Bertz CT molecular complexity index is 2580. The van der Waals surface area contributed by atoms with E-state index in [0.29, 0.717) is 0 Å². The minimum absolute atomic E-state index is 0.0839. The van der Waals surface area contributed by atoms with Gasteiger partial charge in [0, 0.05) is 53.2 Å². The summed E-state index contributed by atoms with van der Waals surface area (Å²) in [5, 5.41) is 2.53. The van der Waals surface area contributed by atoms with Gasteiger partial charge in [0.1, 0.15) is 0 Å². The molecule has 0 spiro atoms. The van der Waals surface area contributed by atoms with Gasteiger partial charge in [-0.05, 0) is 106 Å². The lowest BCUT2D eigenvalue weighted by Gasteiger charge is -2.24. The molecule has 0 N–H and O–H groups in total. The fourth-order valence-corrected chi connectivity index (χ4v) is 9.96. The van der Waals surface area contributed by atoms with Crippen molar-refractivity contribution in [2.45, 2.75) is 38.8 Å². The van der Waals surface area contributed by atoms with Crippen LogP contribution in [-0.2, 0) is 5.41 Å². The average Bonchev–Trinajstić information content (AvgIpc) is 3.57. The number of fused-ring (bicyclic) bond motifs is 8. The zero-order valence-electron chi connectivity index (χ0n) is 26.6. The van der Waals surface area contributed by atoms with E-state index in [4.69, 9.17) is 0 Å². The Labute approximate surface area is 288 Å². The quantitative estimate of drug-likeness (QED) is 0.189. The molecule has 6 aromatic carbocycles. The number of hydrogen-bond acceptors (Lipinski definition) is 3. The molecule has 0 fully saturated rings. The molecule has 0 unspecified atom stereocenters. The zero-order chi connectivity index (χ0) is 32.0. The van der Waals surface area contributed by atoms with Crippen LogP contribution in [0.5, 0.6) is 0 Å². The first-order valence-corrected chi connectivity index (χ1v) is 18.0. The first kappa shape index (κ1) is 28.0. The van der Waals surface area contributed by atoms with Crippen LogP contribution >= 0.6 is 23.5 Å². The van der Waals surface area contributed by atoms with Gasteiger partial charge < -0.3 is 4.57 Å². The standard InChI is InChI=1S/C44H30N2S2/c1-44(2)35-24-29(16-20-31(35)33-25-42-43(26-36(33)44)48-41-13-6-5-12-40(41)47-42)28-17-21-39-34(23-28)32-9-3-4-11-38(32)46(39)30-18-14-27(15-19-30)37-10-7-8-22-45-37/h3-26H,1-2H3. The molecular formula is C44H30N2S2. The number of nitrogens with zero attached hydrogens (tertiary/aromatic N) is 2. The van der Waals surface area contributed by atoms with E-state index in [9.17, 15) is 0 Å². The molecule has 2 aliphatic rings. The highest BCUT2D eigenvalue weighted by molar-refractivity contribution is 8.05. The van der Waals surface area contributed by atoms with E-state index in [1.165, 1.54) is 74.8 Å². The molecule has 0 saturated heterocycles. The van der Waals surface area contributed by atoms with Gasteiger partial charge in [0.05, 0.1) is 16.7 Å². The van der Waals surface area contributed by atoms with Crippen molar-refractivity contribution >= 4 is 45.3 Å². The summed E-state index contributed by atoms with van der Waals surface area (Å²) in [5.41, 5.74) is 13.6. The number of para-hydroxylation sites is 1. The maximum absolute atomic E-state index is 4.54. The maximum Gasteiger partial charge on any atom is 0.0701 e. The normalized spacial score (nSPS) is 14.0. The molecule has 10 rings (SSSR count). The molecule has 4 heteroatoms. The highest BCUT2D eigenvalue weighted by Gasteiger charge is 2.37. The lowest BCUT2D eigenvalue weighted by Crippen LogP contribution is -2.15. The molecule has 2 nitrogen and oxygen atoms in total. The van der Waals surface area contributed by atoms with Gasteiger partial charge >= 0.3 is 0 Å². The van der Waals surface area contributed by atoms with E-state index in [1.807, 2.05) is 41.9 Å². The van der Waals surface area contributed by atoms with Crippen LogP contribution in [0.4, 0.5) is 0 Å². The van der Waals surface area contributed by atoms with Crippen LogP contribution in [0.1, 0.15) is 25.0 Å². The van der Waals surface area contributed by atoms with Gasteiger partial charge in [-0.25, -0.2) is 0 Å². The molecule has 1 aliphatic carbocycles. The van der Waals surface area contributed by atoms with Crippen LogP contribution in [0.3, 0.4) is 0 Å². The first-order chi connectivity index (χ1) is 23.5. The largest absolute Gasteiger partial charge is 0.309 e. The molecule has 228 valence electrons. The molecule has 0 saturated carbocycles. The monoisotopic (exact) mass is 650 g/mol. The molecular weight excluding hydrogens is 621 g/mol. The molecule has 0 atom stereocenters. The Morgan fingerprint density at radius 1 is 0.500 bits per heavy atom. The van der Waals surface area contributed by atoms with Crippen molar-refractivity contribution in [2.24, 2.45) is 0 Å². The van der Waals surface area contributed by atoms with E-state index in [1.54, 1.807) is 0 Å². The van der Waals surface area contributed by atoms with E-state index in [-0.39, 0.29) is 5.41 Å². The number of pyridine rings is 1. The predicted octanol–water partition coefficient (Wildman–Crippen LogP) is 12.4. The fraction of sp³-hybridized carbons (Fsp3) is 0.0682. The van der Waals surface area contributed by atoms with Crippen LogP contribution in [0.15, 0.2) is 165 Å². The van der Waals surface area contributed by atoms with Crippen LogP contribution in [0, 0.1) is 0 Å². The van der Waals surface area contributed by atoms with E-state index >= 15 is 0 Å². The summed E-state index contributed by atoms with van der Waals surface area (Å²) in [4.78, 5) is 9.97. The Kier molecular flexibility index (Phi) is 6.12. The highest BCUT2D eigenvalue weighted by atomic mass is 32.2. The van der Waals surface area contributed by atoms with Gasteiger partial charge in [-0.2, -0.15) is 0 Å². The summed E-state index contributed by atoms with van der Waals surface area (Å²) in [7, 11) is 0. The van der Waals surface area contributed by atoms with Gasteiger partial charge in [-0.1, -0.05) is 104 Å². The zero-order valence-corrected chi connectivity index (χ0v) is 28.2. The number of hydrogen-bond donors (Lipinski definition) is 0. The first-order valence-electron chi connectivity index (χ1n) is 16.4. The smallest absolute Gasteiger partial charge is 0.0701 e. The van der Waals surface area contributed by atoms with Crippen molar-refractivity contribution in [3.63, 3.8) is 0 Å². The van der Waals surface area contributed by atoms with Crippen molar-refractivity contribution in [2.75, 3.05) is 0 Å². The predicted molar refractivity (Wildman–Crippen MR) is 202 cm³/mol. The topological polar surface area (TPSA) is 17.8 Å². The molecule has 0 amide bonds. The maximum atomic E-state index is 4.54. The van der Waals surface area contributed by atoms with Crippen molar-refractivity contribution in [3.05, 3.63) is 157 Å². The Morgan fingerprint density at radius 2 is 1.15 bits per heavy atom. The van der Waals surface area contributed by atoms with Crippen LogP contribution < -0.4 is 0 Å². The lowest BCUT2D eigenvalue weighted by molar-refractivity contribution is 0.658. The summed E-state index contributed by atoms with van der Waals surface area (Å²) in [6.45, 7) is 4.77. The van der Waals surface area contributed by atoms with Crippen LogP contribution in [-0.4, -0.2) is 9.55 Å². The summed E-state index contributed by atoms with van der Waals surface area (Å²) >= 11 is 3.80. The van der Waals surface area contributed by atoms with Crippen molar-refractivity contribution in [3.8, 4) is 39.2 Å². The Morgan fingerprint density at radius 3 is 1.94 bits per heavy atom. The number of rotatable bonds is 3. The average molecular weight is 651 g/mol. The molecule has 2 aromatic heterocycles. The molecule has 0 radical (unpaired) electrons. The second-order valence-electron chi connectivity index (χ2n) is 13.2. The third-order valence-electron chi connectivity index (χ3n) is 10.1.